The Hall–Kier alpha value is -0.810. The van der Waals surface area contributed by atoms with Crippen LogP contribution in [-0.4, -0.2) is 44.5 Å². The molecule has 5 heteroatoms. The summed E-state index contributed by atoms with van der Waals surface area (Å²) in [6, 6.07) is 0.130. The van der Waals surface area contributed by atoms with Crippen LogP contribution in [-0.2, 0) is 9.47 Å². The highest BCUT2D eigenvalue weighted by molar-refractivity contribution is 5.74. The van der Waals surface area contributed by atoms with E-state index >= 15 is 0 Å². The molecule has 1 heterocycles. The average Bonchev–Trinajstić information content (AvgIpc) is 2.81. The molecule has 0 aromatic rings. The zero-order chi connectivity index (χ0) is 12.5. The molecule has 0 aromatic carbocycles. The maximum absolute atomic E-state index is 11.3. The molecule has 1 rings (SSSR count). The maximum Gasteiger partial charge on any atom is 0.314 e. The smallest absolute Gasteiger partial charge is 0.314 e. The van der Waals surface area contributed by atoms with E-state index in [2.05, 4.69) is 10.6 Å². The first-order valence-corrected chi connectivity index (χ1v) is 6.46. The number of ether oxygens (including phenoxy) is 2. The van der Waals surface area contributed by atoms with E-state index in [9.17, 15) is 4.79 Å². The van der Waals surface area contributed by atoms with Gasteiger partial charge in [0.05, 0.1) is 12.7 Å². The van der Waals surface area contributed by atoms with Gasteiger partial charge in [-0.1, -0.05) is 6.92 Å². The van der Waals surface area contributed by atoms with E-state index in [4.69, 9.17) is 9.47 Å². The minimum atomic E-state index is -0.0939. The number of carbonyl (C=O) groups excluding carboxylic acids is 1. The summed E-state index contributed by atoms with van der Waals surface area (Å²) in [4.78, 5) is 11.3. The Bertz CT molecular complexity index is 218. The largest absolute Gasteiger partial charge is 0.379 e. The number of hydrogen-bond acceptors (Lipinski definition) is 3. The number of amides is 2. The molecule has 2 atom stereocenters. The Balaban J connectivity index is 1.90. The normalized spacial score (nSPS) is 21.2. The standard InChI is InChI=1S/C12H24N2O3/c1-3-10(2)14-12(15)13-6-4-7-17-11-5-8-16-9-11/h10-11H,3-9H2,1-2H3,(H2,13,14,15)/t10-,11+/m1/s1. The van der Waals surface area contributed by atoms with Crippen LogP contribution in [0.4, 0.5) is 4.79 Å². The molecule has 0 unspecified atom stereocenters. The van der Waals surface area contributed by atoms with Gasteiger partial charge in [0.1, 0.15) is 0 Å². The van der Waals surface area contributed by atoms with Gasteiger partial charge in [-0.05, 0) is 26.2 Å². The number of hydrogen-bond donors (Lipinski definition) is 2. The predicted molar refractivity (Wildman–Crippen MR) is 66.1 cm³/mol. The van der Waals surface area contributed by atoms with E-state index < -0.39 is 0 Å². The lowest BCUT2D eigenvalue weighted by atomic mass is 10.3. The van der Waals surface area contributed by atoms with Gasteiger partial charge in [0.15, 0.2) is 0 Å². The molecule has 1 aliphatic heterocycles. The third-order valence-corrected chi connectivity index (χ3v) is 2.84. The second-order valence-electron chi connectivity index (χ2n) is 4.42. The highest BCUT2D eigenvalue weighted by Gasteiger charge is 2.15. The zero-order valence-electron chi connectivity index (χ0n) is 10.8. The van der Waals surface area contributed by atoms with Crippen molar-refractivity contribution in [2.45, 2.75) is 45.3 Å². The molecule has 17 heavy (non-hydrogen) atoms. The summed E-state index contributed by atoms with van der Waals surface area (Å²) in [5, 5.41) is 5.66. The highest BCUT2D eigenvalue weighted by atomic mass is 16.5. The van der Waals surface area contributed by atoms with E-state index in [1.165, 1.54) is 0 Å². The first-order chi connectivity index (χ1) is 8.22. The molecule has 1 aliphatic rings. The Morgan fingerprint density at radius 1 is 1.59 bits per heavy atom. The molecule has 0 bridgehead atoms. The summed E-state index contributed by atoms with van der Waals surface area (Å²) in [7, 11) is 0. The molecular weight excluding hydrogens is 220 g/mol. The SMILES string of the molecule is CC[C@@H](C)NC(=O)NCCCO[C@H]1CCOC1. The molecule has 0 aromatic heterocycles. The predicted octanol–water partition coefficient (Wildman–Crippen LogP) is 1.28. The average molecular weight is 244 g/mol. The fraction of sp³-hybridized carbons (Fsp3) is 0.917. The topological polar surface area (TPSA) is 59.6 Å². The Kier molecular flexibility index (Phi) is 6.96. The van der Waals surface area contributed by atoms with Gasteiger partial charge in [-0.25, -0.2) is 4.79 Å². The Morgan fingerprint density at radius 2 is 2.41 bits per heavy atom. The quantitative estimate of drug-likeness (QED) is 0.663. The van der Waals surface area contributed by atoms with Gasteiger partial charge in [0, 0.05) is 25.8 Å². The van der Waals surface area contributed by atoms with Crippen molar-refractivity contribution in [2.24, 2.45) is 0 Å². The van der Waals surface area contributed by atoms with Crippen LogP contribution in [0.5, 0.6) is 0 Å². The van der Waals surface area contributed by atoms with Gasteiger partial charge in [-0.3, -0.25) is 0 Å². The zero-order valence-corrected chi connectivity index (χ0v) is 10.8. The molecule has 0 spiro atoms. The number of carbonyl (C=O) groups is 1. The van der Waals surface area contributed by atoms with E-state index in [0.717, 1.165) is 25.9 Å². The number of urea groups is 1. The molecule has 100 valence electrons. The van der Waals surface area contributed by atoms with Gasteiger partial charge < -0.3 is 20.1 Å². The molecular formula is C12H24N2O3. The van der Waals surface area contributed by atoms with Crippen molar-refractivity contribution in [3.05, 3.63) is 0 Å². The van der Waals surface area contributed by atoms with Crippen LogP contribution < -0.4 is 10.6 Å². The van der Waals surface area contributed by atoms with Crippen molar-refractivity contribution in [3.8, 4) is 0 Å². The van der Waals surface area contributed by atoms with Crippen LogP contribution in [0.1, 0.15) is 33.1 Å². The van der Waals surface area contributed by atoms with Crippen LogP contribution in [0, 0.1) is 0 Å². The Morgan fingerprint density at radius 3 is 3.06 bits per heavy atom. The first kappa shape index (κ1) is 14.3. The molecule has 1 fully saturated rings. The maximum atomic E-state index is 11.3. The lowest BCUT2D eigenvalue weighted by Gasteiger charge is -2.13. The lowest BCUT2D eigenvalue weighted by Crippen LogP contribution is -2.41. The minimum absolute atomic E-state index is 0.0939. The van der Waals surface area contributed by atoms with Crippen molar-refractivity contribution in [3.63, 3.8) is 0 Å². The molecule has 0 aliphatic carbocycles. The van der Waals surface area contributed by atoms with Gasteiger partial charge >= 0.3 is 6.03 Å². The van der Waals surface area contributed by atoms with Gasteiger partial charge in [-0.15, -0.1) is 0 Å². The second kappa shape index (κ2) is 8.31. The molecule has 2 N–H and O–H groups in total. The third kappa shape index (κ3) is 6.48. The van der Waals surface area contributed by atoms with Crippen molar-refractivity contribution in [1.82, 2.24) is 10.6 Å². The van der Waals surface area contributed by atoms with E-state index in [-0.39, 0.29) is 18.2 Å². The second-order valence-corrected chi connectivity index (χ2v) is 4.42. The summed E-state index contributed by atoms with van der Waals surface area (Å²) in [5.41, 5.74) is 0. The van der Waals surface area contributed by atoms with Crippen molar-refractivity contribution in [1.29, 1.82) is 0 Å². The van der Waals surface area contributed by atoms with Gasteiger partial charge in [-0.2, -0.15) is 0 Å². The number of rotatable bonds is 7. The van der Waals surface area contributed by atoms with Crippen molar-refractivity contribution < 1.29 is 14.3 Å². The third-order valence-electron chi connectivity index (χ3n) is 2.84. The van der Waals surface area contributed by atoms with Crippen LogP contribution in [0.25, 0.3) is 0 Å². The van der Waals surface area contributed by atoms with Crippen molar-refractivity contribution >= 4 is 6.03 Å². The fourth-order valence-electron chi connectivity index (χ4n) is 1.55. The molecule has 1 saturated heterocycles. The Labute approximate surface area is 103 Å². The molecule has 0 radical (unpaired) electrons. The van der Waals surface area contributed by atoms with Crippen LogP contribution in [0.3, 0.4) is 0 Å². The summed E-state index contributed by atoms with van der Waals surface area (Å²) in [6.07, 6.45) is 3.02. The van der Waals surface area contributed by atoms with E-state index in [1.807, 2.05) is 13.8 Å². The molecule has 5 nitrogen and oxygen atoms in total. The minimum Gasteiger partial charge on any atom is -0.379 e. The monoisotopic (exact) mass is 244 g/mol. The summed E-state index contributed by atoms with van der Waals surface area (Å²) in [5.74, 6) is 0. The van der Waals surface area contributed by atoms with Crippen LogP contribution >= 0.6 is 0 Å². The van der Waals surface area contributed by atoms with E-state index in [1.54, 1.807) is 0 Å². The summed E-state index contributed by atoms with van der Waals surface area (Å²) in [6.45, 7) is 6.88. The number of nitrogens with one attached hydrogen (secondary N) is 2. The fourth-order valence-corrected chi connectivity index (χ4v) is 1.55. The lowest BCUT2D eigenvalue weighted by molar-refractivity contribution is 0.0418. The summed E-state index contributed by atoms with van der Waals surface area (Å²) < 4.78 is 10.8. The highest BCUT2D eigenvalue weighted by Crippen LogP contribution is 2.07. The van der Waals surface area contributed by atoms with Gasteiger partial charge in [0.25, 0.3) is 0 Å². The summed E-state index contributed by atoms with van der Waals surface area (Å²) >= 11 is 0. The first-order valence-electron chi connectivity index (χ1n) is 6.46. The van der Waals surface area contributed by atoms with Crippen LogP contribution in [0.2, 0.25) is 0 Å². The van der Waals surface area contributed by atoms with Crippen LogP contribution in [0.15, 0.2) is 0 Å². The van der Waals surface area contributed by atoms with Gasteiger partial charge in [0.2, 0.25) is 0 Å². The van der Waals surface area contributed by atoms with Crippen molar-refractivity contribution in [2.75, 3.05) is 26.4 Å². The molecule has 2 amide bonds. The van der Waals surface area contributed by atoms with E-state index in [0.29, 0.717) is 19.8 Å². The molecule has 0 saturated carbocycles.